The summed E-state index contributed by atoms with van der Waals surface area (Å²) in [4.78, 5) is 15.4. The standard InChI is InChI=1S/C12H12BrNOS/c1-7(12(13)8(2)15)9-3-4-10-11(5-9)16-6-14-10/h3-7,12H,1-2H3. The summed E-state index contributed by atoms with van der Waals surface area (Å²) < 4.78 is 1.17. The van der Waals surface area contributed by atoms with E-state index in [-0.39, 0.29) is 16.5 Å². The Labute approximate surface area is 107 Å². The van der Waals surface area contributed by atoms with Crippen LogP contribution in [0.4, 0.5) is 0 Å². The van der Waals surface area contributed by atoms with Gasteiger partial charge in [-0.2, -0.15) is 0 Å². The second-order valence-electron chi connectivity index (χ2n) is 3.88. The Bertz CT molecular complexity index is 522. The number of ketones is 1. The second kappa shape index (κ2) is 4.63. The zero-order valence-corrected chi connectivity index (χ0v) is 11.5. The third kappa shape index (κ3) is 2.18. The monoisotopic (exact) mass is 297 g/mol. The number of thiazole rings is 1. The fraction of sp³-hybridized carbons (Fsp3) is 0.333. The molecule has 1 aromatic heterocycles. The molecule has 2 unspecified atom stereocenters. The minimum absolute atomic E-state index is 0.113. The molecule has 0 amide bonds. The van der Waals surface area contributed by atoms with E-state index in [2.05, 4.69) is 33.9 Å². The van der Waals surface area contributed by atoms with Crippen molar-refractivity contribution in [2.24, 2.45) is 0 Å². The first kappa shape index (κ1) is 11.7. The smallest absolute Gasteiger partial charge is 0.144 e. The summed E-state index contributed by atoms with van der Waals surface area (Å²) in [5.74, 6) is 0.348. The molecule has 2 nitrogen and oxygen atoms in total. The first-order valence-electron chi connectivity index (χ1n) is 5.07. The SMILES string of the molecule is CC(=O)C(Br)C(C)c1ccc2ncsc2c1. The van der Waals surface area contributed by atoms with Crippen LogP contribution in [0.3, 0.4) is 0 Å². The van der Waals surface area contributed by atoms with Gasteiger partial charge in [0, 0.05) is 5.92 Å². The predicted molar refractivity (Wildman–Crippen MR) is 71.4 cm³/mol. The Balaban J connectivity index is 2.35. The van der Waals surface area contributed by atoms with E-state index in [0.717, 1.165) is 5.52 Å². The quantitative estimate of drug-likeness (QED) is 0.808. The Kier molecular flexibility index (Phi) is 3.40. The van der Waals surface area contributed by atoms with Crippen molar-refractivity contribution in [3.63, 3.8) is 0 Å². The summed E-state index contributed by atoms with van der Waals surface area (Å²) in [5, 5.41) is 0. The maximum absolute atomic E-state index is 11.3. The van der Waals surface area contributed by atoms with E-state index in [9.17, 15) is 4.79 Å². The van der Waals surface area contributed by atoms with Crippen LogP contribution in [0.1, 0.15) is 25.3 Å². The number of carbonyl (C=O) groups excluding carboxylic acids is 1. The number of hydrogen-bond donors (Lipinski definition) is 0. The molecule has 1 heterocycles. The lowest BCUT2D eigenvalue weighted by atomic mass is 9.96. The van der Waals surface area contributed by atoms with Gasteiger partial charge in [-0.05, 0) is 24.6 Å². The van der Waals surface area contributed by atoms with Crippen LogP contribution in [0.2, 0.25) is 0 Å². The summed E-state index contributed by atoms with van der Waals surface area (Å²) in [6.45, 7) is 3.67. The van der Waals surface area contributed by atoms with Gasteiger partial charge in [-0.15, -0.1) is 11.3 Å². The second-order valence-corrected chi connectivity index (χ2v) is 5.75. The van der Waals surface area contributed by atoms with Gasteiger partial charge in [0.2, 0.25) is 0 Å². The number of carbonyl (C=O) groups is 1. The van der Waals surface area contributed by atoms with Crippen LogP contribution >= 0.6 is 27.3 Å². The van der Waals surface area contributed by atoms with Crippen LogP contribution in [-0.2, 0) is 4.79 Å². The normalized spacial score (nSPS) is 14.9. The fourth-order valence-corrected chi connectivity index (χ4v) is 2.71. The maximum Gasteiger partial charge on any atom is 0.144 e. The molecule has 0 fully saturated rings. The van der Waals surface area contributed by atoms with Gasteiger partial charge in [0.05, 0.1) is 20.6 Å². The fourth-order valence-electron chi connectivity index (χ4n) is 1.68. The highest BCUT2D eigenvalue weighted by Gasteiger charge is 2.20. The van der Waals surface area contributed by atoms with Crippen LogP contribution < -0.4 is 0 Å². The van der Waals surface area contributed by atoms with Crippen LogP contribution in [0.15, 0.2) is 23.7 Å². The Hall–Kier alpha value is -0.740. The Morgan fingerprint density at radius 1 is 1.50 bits per heavy atom. The Morgan fingerprint density at radius 3 is 2.94 bits per heavy atom. The summed E-state index contributed by atoms with van der Waals surface area (Å²) in [6.07, 6.45) is 0. The van der Waals surface area contributed by atoms with Crippen molar-refractivity contribution in [2.45, 2.75) is 24.6 Å². The number of halogens is 1. The van der Waals surface area contributed by atoms with Gasteiger partial charge < -0.3 is 0 Å². The lowest BCUT2D eigenvalue weighted by molar-refractivity contribution is -0.116. The van der Waals surface area contributed by atoms with Gasteiger partial charge in [-0.25, -0.2) is 4.98 Å². The van der Waals surface area contributed by atoms with Crippen LogP contribution in [-0.4, -0.2) is 15.6 Å². The zero-order chi connectivity index (χ0) is 11.7. The van der Waals surface area contributed by atoms with Gasteiger partial charge in [0.25, 0.3) is 0 Å². The highest BCUT2D eigenvalue weighted by Crippen LogP contribution is 2.29. The molecular formula is C12H12BrNOS. The van der Waals surface area contributed by atoms with Crippen molar-refractivity contribution in [3.8, 4) is 0 Å². The summed E-state index contributed by atoms with van der Waals surface area (Å²) >= 11 is 5.06. The molecule has 2 atom stereocenters. The molecule has 16 heavy (non-hydrogen) atoms. The lowest BCUT2D eigenvalue weighted by Crippen LogP contribution is -2.17. The van der Waals surface area contributed by atoms with Gasteiger partial charge in [0.15, 0.2) is 0 Å². The van der Waals surface area contributed by atoms with Crippen molar-refractivity contribution < 1.29 is 4.79 Å². The molecule has 2 aromatic rings. The van der Waals surface area contributed by atoms with Crippen LogP contribution in [0.25, 0.3) is 10.2 Å². The third-order valence-corrected chi connectivity index (χ3v) is 4.94. The van der Waals surface area contributed by atoms with Gasteiger partial charge in [-0.1, -0.05) is 28.9 Å². The minimum Gasteiger partial charge on any atom is -0.299 e. The summed E-state index contributed by atoms with van der Waals surface area (Å²) in [6, 6.07) is 6.18. The van der Waals surface area contributed by atoms with E-state index >= 15 is 0 Å². The largest absolute Gasteiger partial charge is 0.299 e. The van der Waals surface area contributed by atoms with E-state index in [0.29, 0.717) is 0 Å². The first-order chi connectivity index (χ1) is 7.59. The van der Waals surface area contributed by atoms with Crippen molar-refractivity contribution in [2.75, 3.05) is 0 Å². The molecule has 0 spiro atoms. The number of fused-ring (bicyclic) bond motifs is 1. The number of hydrogen-bond acceptors (Lipinski definition) is 3. The zero-order valence-electron chi connectivity index (χ0n) is 9.11. The molecule has 0 aliphatic rings. The predicted octanol–water partition coefficient (Wildman–Crippen LogP) is 3.75. The topological polar surface area (TPSA) is 30.0 Å². The Morgan fingerprint density at radius 2 is 2.25 bits per heavy atom. The summed E-state index contributed by atoms with van der Waals surface area (Å²) in [7, 11) is 0. The number of Topliss-reactive ketones (excluding diaryl/α,β-unsaturated/α-hetero) is 1. The van der Waals surface area contributed by atoms with E-state index < -0.39 is 0 Å². The third-order valence-electron chi connectivity index (χ3n) is 2.71. The average molecular weight is 298 g/mol. The van der Waals surface area contributed by atoms with Crippen LogP contribution in [0, 0.1) is 0 Å². The van der Waals surface area contributed by atoms with E-state index in [1.807, 2.05) is 17.6 Å². The number of nitrogens with zero attached hydrogens (tertiary/aromatic N) is 1. The number of benzene rings is 1. The van der Waals surface area contributed by atoms with Gasteiger partial charge in [0.1, 0.15) is 5.78 Å². The molecule has 0 aliphatic heterocycles. The number of aromatic nitrogens is 1. The minimum atomic E-state index is -0.113. The molecule has 0 radical (unpaired) electrons. The molecule has 4 heteroatoms. The molecule has 0 N–H and O–H groups in total. The van der Waals surface area contributed by atoms with E-state index in [4.69, 9.17) is 0 Å². The molecule has 0 saturated heterocycles. The van der Waals surface area contributed by atoms with Gasteiger partial charge >= 0.3 is 0 Å². The number of rotatable bonds is 3. The molecular weight excluding hydrogens is 286 g/mol. The molecule has 0 aliphatic carbocycles. The molecule has 1 aromatic carbocycles. The van der Waals surface area contributed by atoms with Gasteiger partial charge in [-0.3, -0.25) is 4.79 Å². The van der Waals surface area contributed by atoms with Crippen LogP contribution in [0.5, 0.6) is 0 Å². The van der Waals surface area contributed by atoms with Crippen molar-refractivity contribution >= 4 is 43.3 Å². The van der Waals surface area contributed by atoms with Crippen molar-refractivity contribution in [1.82, 2.24) is 4.98 Å². The number of alkyl halides is 1. The van der Waals surface area contributed by atoms with Crippen molar-refractivity contribution in [3.05, 3.63) is 29.3 Å². The average Bonchev–Trinajstić information content (AvgIpc) is 2.73. The molecule has 0 saturated carbocycles. The van der Waals surface area contributed by atoms with E-state index in [1.54, 1.807) is 18.3 Å². The lowest BCUT2D eigenvalue weighted by Gasteiger charge is -2.15. The highest BCUT2D eigenvalue weighted by atomic mass is 79.9. The maximum atomic E-state index is 11.3. The summed E-state index contributed by atoms with van der Waals surface area (Å²) in [5.41, 5.74) is 4.04. The first-order valence-corrected chi connectivity index (χ1v) is 6.87. The molecule has 84 valence electrons. The highest BCUT2D eigenvalue weighted by molar-refractivity contribution is 9.10. The van der Waals surface area contributed by atoms with Crippen molar-refractivity contribution in [1.29, 1.82) is 0 Å². The molecule has 0 bridgehead atoms. The molecule has 2 rings (SSSR count). The van der Waals surface area contributed by atoms with E-state index in [1.165, 1.54) is 10.3 Å².